The topological polar surface area (TPSA) is 220 Å². The number of hydrogen-bond donors (Lipinski definition) is 9. The molecule has 5 aromatic rings. The van der Waals surface area contributed by atoms with Crippen LogP contribution >= 0.6 is 0 Å². The molecule has 3 heterocycles. The molecule has 10 N–H and O–H groups in total. The third kappa shape index (κ3) is 9.62. The number of benzene rings is 4. The average Bonchev–Trinajstić information content (AvgIpc) is 3.66. The Morgan fingerprint density at radius 3 is 1.86 bits per heavy atom. The fourth-order valence-corrected chi connectivity index (χ4v) is 8.20. The largest absolute Gasteiger partial charge is 0.480 e. The number of rotatable bonds is 15. The summed E-state index contributed by atoms with van der Waals surface area (Å²) in [6.07, 6.45) is 3.10. The van der Waals surface area contributed by atoms with Crippen molar-refractivity contribution in [3.8, 4) is 0 Å². The van der Waals surface area contributed by atoms with Crippen molar-refractivity contribution >= 4 is 51.3 Å². The Kier molecular flexibility index (Phi) is 12.7. The summed E-state index contributed by atoms with van der Waals surface area (Å²) >= 11 is 0. The van der Waals surface area contributed by atoms with Crippen molar-refractivity contribution in [3.05, 3.63) is 120 Å². The average molecular weight is 801 g/mol. The van der Waals surface area contributed by atoms with Crippen LogP contribution in [0.25, 0.3) is 21.7 Å². The minimum Gasteiger partial charge on any atom is -0.480 e. The molecule has 4 amide bonds. The van der Waals surface area contributed by atoms with E-state index < -0.39 is 58.8 Å². The van der Waals surface area contributed by atoms with Crippen molar-refractivity contribution in [2.24, 2.45) is 5.73 Å². The first kappa shape index (κ1) is 41.1. The molecule has 14 nitrogen and oxygen atoms in total. The number of nitrogens with two attached hydrogens (primary N) is 1. The zero-order chi connectivity index (χ0) is 41.4. The van der Waals surface area contributed by atoms with Gasteiger partial charge in [0, 0.05) is 36.4 Å². The first-order chi connectivity index (χ1) is 28.5. The van der Waals surface area contributed by atoms with Gasteiger partial charge >= 0.3 is 5.97 Å². The standard InChI is InChI=1S/C45H52N8O6/c46-44(17-21-47-22-18-44)42(57)52-36(25-29-9-2-1-3-10-29)39(54)50-37(27-32-28-49-35-16-7-6-15-34(32)35)40(55)51-38(26-31-13-8-12-30-11-4-5-14-33(30)31)41(56)53-45(43(58)59)19-23-48-24-20-45/h1-16,28,36-38,47-49H,17-27,46H2,(H,50,54)(H,51,55)(H,52,57)(H,53,56)(H,58,59)/t36-,37+,38+/m0/s1. The number of carboxylic acids is 1. The molecule has 59 heavy (non-hydrogen) atoms. The fourth-order valence-electron chi connectivity index (χ4n) is 8.20. The van der Waals surface area contributed by atoms with E-state index in [2.05, 4.69) is 36.9 Å². The molecule has 4 aromatic carbocycles. The number of hydrogen-bond acceptors (Lipinski definition) is 8. The molecule has 2 aliphatic rings. The number of aromatic nitrogens is 1. The molecule has 0 bridgehead atoms. The third-order valence-corrected chi connectivity index (χ3v) is 11.8. The Morgan fingerprint density at radius 2 is 1.17 bits per heavy atom. The van der Waals surface area contributed by atoms with E-state index >= 15 is 0 Å². The van der Waals surface area contributed by atoms with Gasteiger partial charge in [-0.1, -0.05) is 91.0 Å². The van der Waals surface area contributed by atoms with Gasteiger partial charge < -0.3 is 47.7 Å². The molecule has 2 fully saturated rings. The lowest BCUT2D eigenvalue weighted by Gasteiger charge is -2.36. The van der Waals surface area contributed by atoms with Crippen LogP contribution in [-0.4, -0.2) is 95.1 Å². The molecular weight excluding hydrogens is 749 g/mol. The smallest absolute Gasteiger partial charge is 0.329 e. The first-order valence-corrected chi connectivity index (χ1v) is 20.3. The van der Waals surface area contributed by atoms with E-state index in [1.54, 1.807) is 6.20 Å². The fraction of sp³-hybridized carbons (Fsp3) is 0.356. The zero-order valence-corrected chi connectivity index (χ0v) is 32.9. The van der Waals surface area contributed by atoms with E-state index in [1.165, 1.54) is 0 Å². The molecular formula is C45H52N8O6. The maximum Gasteiger partial charge on any atom is 0.329 e. The maximum absolute atomic E-state index is 14.8. The lowest BCUT2D eigenvalue weighted by Crippen LogP contribution is -2.64. The summed E-state index contributed by atoms with van der Waals surface area (Å²) in [5.41, 5.74) is 7.03. The van der Waals surface area contributed by atoms with Crippen LogP contribution in [0.5, 0.6) is 0 Å². The van der Waals surface area contributed by atoms with Gasteiger partial charge in [0.1, 0.15) is 23.7 Å². The van der Waals surface area contributed by atoms with Crippen molar-refractivity contribution in [3.63, 3.8) is 0 Å². The molecule has 7 rings (SSSR count). The highest BCUT2D eigenvalue weighted by Gasteiger charge is 2.43. The second-order valence-electron chi connectivity index (χ2n) is 15.8. The Bertz CT molecular complexity index is 2290. The first-order valence-electron chi connectivity index (χ1n) is 20.3. The van der Waals surface area contributed by atoms with Crippen LogP contribution in [-0.2, 0) is 43.2 Å². The SMILES string of the molecule is NC1(C(=O)N[C@@H](Cc2ccccc2)C(=O)N[C@H](Cc2c[nH]c3ccccc23)C(=O)N[C@H](Cc2cccc3ccccc23)C(=O)NC2(C(=O)O)CCNCC2)CCNCC1. The van der Waals surface area contributed by atoms with Gasteiger partial charge in [0.05, 0.1) is 5.54 Å². The summed E-state index contributed by atoms with van der Waals surface area (Å²) in [5, 5.41) is 31.0. The summed E-state index contributed by atoms with van der Waals surface area (Å²) in [7, 11) is 0. The van der Waals surface area contributed by atoms with Gasteiger partial charge in [-0.2, -0.15) is 0 Å². The number of aliphatic carboxylic acids is 1. The van der Waals surface area contributed by atoms with Crippen LogP contribution in [0.4, 0.5) is 0 Å². The molecule has 14 heteroatoms. The number of nitrogens with one attached hydrogen (secondary N) is 7. The highest BCUT2D eigenvalue weighted by molar-refractivity contribution is 5.98. The molecule has 1 aromatic heterocycles. The highest BCUT2D eigenvalue weighted by Crippen LogP contribution is 2.24. The van der Waals surface area contributed by atoms with E-state index in [0.29, 0.717) is 39.0 Å². The molecule has 308 valence electrons. The van der Waals surface area contributed by atoms with Crippen molar-refractivity contribution in [1.29, 1.82) is 0 Å². The summed E-state index contributed by atoms with van der Waals surface area (Å²) in [6, 6.07) is 26.7. The summed E-state index contributed by atoms with van der Waals surface area (Å²) in [5.74, 6) is -3.52. The van der Waals surface area contributed by atoms with E-state index in [-0.39, 0.29) is 32.1 Å². The van der Waals surface area contributed by atoms with E-state index in [1.807, 2.05) is 97.1 Å². The van der Waals surface area contributed by atoms with Gasteiger partial charge in [-0.05, 0) is 85.4 Å². The van der Waals surface area contributed by atoms with Crippen LogP contribution in [0.1, 0.15) is 42.4 Å². The number of carbonyl (C=O) groups excluding carboxylic acids is 4. The van der Waals surface area contributed by atoms with Gasteiger partial charge in [0.2, 0.25) is 23.6 Å². The highest BCUT2D eigenvalue weighted by atomic mass is 16.4. The van der Waals surface area contributed by atoms with E-state index in [9.17, 15) is 29.1 Å². The van der Waals surface area contributed by atoms with Crippen molar-refractivity contribution in [2.75, 3.05) is 26.2 Å². The number of para-hydroxylation sites is 1. The van der Waals surface area contributed by atoms with Crippen LogP contribution in [0.2, 0.25) is 0 Å². The van der Waals surface area contributed by atoms with Gasteiger partial charge in [-0.15, -0.1) is 0 Å². The normalized spacial score (nSPS) is 17.6. The van der Waals surface area contributed by atoms with Crippen LogP contribution in [0.3, 0.4) is 0 Å². The van der Waals surface area contributed by atoms with Gasteiger partial charge in [0.25, 0.3) is 0 Å². The number of carboxylic acid groups (broad SMARTS) is 1. The van der Waals surface area contributed by atoms with Crippen LogP contribution < -0.4 is 37.6 Å². The lowest BCUT2D eigenvalue weighted by molar-refractivity contribution is -0.149. The monoisotopic (exact) mass is 800 g/mol. The predicted molar refractivity (Wildman–Crippen MR) is 225 cm³/mol. The second kappa shape index (κ2) is 18.2. The predicted octanol–water partition coefficient (Wildman–Crippen LogP) is 2.21. The van der Waals surface area contributed by atoms with Crippen molar-refractivity contribution < 1.29 is 29.1 Å². The zero-order valence-electron chi connectivity index (χ0n) is 32.9. The number of amides is 4. The molecule has 2 aliphatic heterocycles. The van der Waals surface area contributed by atoms with Crippen molar-refractivity contribution in [2.45, 2.75) is 74.1 Å². The lowest BCUT2D eigenvalue weighted by atomic mass is 9.87. The van der Waals surface area contributed by atoms with Crippen LogP contribution in [0, 0.1) is 0 Å². The molecule has 0 radical (unpaired) electrons. The Morgan fingerprint density at radius 1 is 0.610 bits per heavy atom. The third-order valence-electron chi connectivity index (χ3n) is 11.8. The van der Waals surface area contributed by atoms with Gasteiger partial charge in [-0.3, -0.25) is 19.2 Å². The van der Waals surface area contributed by atoms with E-state index in [4.69, 9.17) is 5.73 Å². The van der Waals surface area contributed by atoms with Gasteiger partial charge in [0.15, 0.2) is 0 Å². The molecule has 3 atom stereocenters. The summed E-state index contributed by atoms with van der Waals surface area (Å²) in [6.45, 7) is 1.91. The molecule has 0 aliphatic carbocycles. The van der Waals surface area contributed by atoms with E-state index in [0.717, 1.165) is 38.4 Å². The van der Waals surface area contributed by atoms with Crippen molar-refractivity contribution in [1.82, 2.24) is 36.9 Å². The van der Waals surface area contributed by atoms with Gasteiger partial charge in [-0.25, -0.2) is 4.79 Å². The number of H-pyrrole nitrogens is 1. The number of carbonyl (C=O) groups is 5. The minimum atomic E-state index is -1.53. The Balaban J connectivity index is 1.21. The van der Waals surface area contributed by atoms with Crippen LogP contribution in [0.15, 0.2) is 103 Å². The summed E-state index contributed by atoms with van der Waals surface area (Å²) in [4.78, 5) is 73.3. The quantitative estimate of drug-likeness (QED) is 0.0757. The number of piperidine rings is 2. The number of fused-ring (bicyclic) bond motifs is 2. The Labute approximate surface area is 342 Å². The second-order valence-corrected chi connectivity index (χ2v) is 15.8. The molecule has 0 saturated carbocycles. The summed E-state index contributed by atoms with van der Waals surface area (Å²) < 4.78 is 0. The number of aromatic amines is 1. The minimum absolute atomic E-state index is 0.0351. The Hall–Kier alpha value is -6.09. The molecule has 0 spiro atoms. The maximum atomic E-state index is 14.8. The molecule has 0 unspecified atom stereocenters. The molecule has 2 saturated heterocycles.